The van der Waals surface area contributed by atoms with Crippen molar-refractivity contribution in [3.05, 3.63) is 101 Å². The molecule has 1 fully saturated rings. The van der Waals surface area contributed by atoms with Crippen molar-refractivity contribution in [3.8, 4) is 11.1 Å². The lowest BCUT2D eigenvalue weighted by Crippen LogP contribution is -2.50. The van der Waals surface area contributed by atoms with Crippen LogP contribution >= 0.6 is 11.3 Å². The molecule has 5 aromatic rings. The summed E-state index contributed by atoms with van der Waals surface area (Å²) in [6.07, 6.45) is 3.26. The first-order chi connectivity index (χ1) is 20.3. The Kier molecular flexibility index (Phi) is 7.31. The Morgan fingerprint density at radius 3 is 2.24 bits per heavy atom. The van der Waals surface area contributed by atoms with Crippen LogP contribution in [-0.2, 0) is 10.0 Å². The molecule has 12 heteroatoms. The highest BCUT2D eigenvalue weighted by atomic mass is 32.2. The van der Waals surface area contributed by atoms with Crippen LogP contribution in [0.3, 0.4) is 0 Å². The molecule has 3 N–H and O–H groups in total. The molecule has 3 heterocycles. The average molecular weight is 599 g/mol. The summed E-state index contributed by atoms with van der Waals surface area (Å²) in [6.45, 7) is 1.62. The molecule has 0 aliphatic carbocycles. The lowest BCUT2D eigenvalue weighted by atomic mass is 10.0. The zero-order valence-corrected chi connectivity index (χ0v) is 23.9. The number of hydrogen-bond donors (Lipinski definition) is 2. The van der Waals surface area contributed by atoms with Crippen LogP contribution in [0, 0.1) is 0 Å². The average Bonchev–Trinajstić information content (AvgIpc) is 3.55. The molecule has 2 aromatic heterocycles. The number of anilines is 2. The van der Waals surface area contributed by atoms with Gasteiger partial charge >= 0.3 is 0 Å². The number of nitrogens with zero attached hydrogens (tertiary/aromatic N) is 4. The molecule has 1 aliphatic rings. The van der Waals surface area contributed by atoms with E-state index in [4.69, 9.17) is 5.73 Å². The summed E-state index contributed by atoms with van der Waals surface area (Å²) in [5, 5.41) is 3.07. The second kappa shape index (κ2) is 11.2. The third kappa shape index (κ3) is 5.41. The summed E-state index contributed by atoms with van der Waals surface area (Å²) in [5.74, 6) is -0.315. The maximum Gasteiger partial charge on any atom is 0.282 e. The lowest BCUT2D eigenvalue weighted by Gasteiger charge is -2.34. The van der Waals surface area contributed by atoms with E-state index in [1.165, 1.54) is 17.4 Å². The quantitative estimate of drug-likeness (QED) is 0.277. The first-order valence-electron chi connectivity index (χ1n) is 13.1. The van der Waals surface area contributed by atoms with E-state index in [1.807, 2.05) is 30.3 Å². The number of hydrogen-bond acceptors (Lipinski definition) is 8. The van der Waals surface area contributed by atoms with E-state index in [1.54, 1.807) is 64.0 Å². The summed E-state index contributed by atoms with van der Waals surface area (Å²) >= 11 is 1.29. The van der Waals surface area contributed by atoms with Gasteiger partial charge in [0.25, 0.3) is 21.8 Å². The van der Waals surface area contributed by atoms with E-state index in [0.717, 1.165) is 5.39 Å². The van der Waals surface area contributed by atoms with Crippen LogP contribution < -0.4 is 10.5 Å². The van der Waals surface area contributed by atoms with Crippen LogP contribution in [0.4, 0.5) is 11.4 Å². The van der Waals surface area contributed by atoms with Gasteiger partial charge in [-0.3, -0.25) is 19.3 Å². The highest BCUT2D eigenvalue weighted by molar-refractivity contribution is 7.92. The fourth-order valence-electron chi connectivity index (χ4n) is 4.96. The minimum Gasteiger partial charge on any atom is -0.399 e. The van der Waals surface area contributed by atoms with Crippen molar-refractivity contribution in [2.24, 2.45) is 0 Å². The first kappa shape index (κ1) is 27.4. The van der Waals surface area contributed by atoms with Gasteiger partial charge in [0.15, 0.2) is 5.01 Å². The highest BCUT2D eigenvalue weighted by Gasteiger charge is 2.27. The van der Waals surface area contributed by atoms with Crippen molar-refractivity contribution < 1.29 is 18.0 Å². The molecule has 0 radical (unpaired) electrons. The number of fused-ring (bicyclic) bond motifs is 1. The summed E-state index contributed by atoms with van der Waals surface area (Å²) in [4.78, 5) is 37.6. The number of thiazole rings is 1. The summed E-state index contributed by atoms with van der Waals surface area (Å²) in [6, 6.07) is 20.3. The van der Waals surface area contributed by atoms with Crippen molar-refractivity contribution >= 4 is 55.5 Å². The number of piperazine rings is 1. The number of nitrogens with two attached hydrogens (primary N) is 1. The number of nitrogen functional groups attached to an aromatic ring is 1. The largest absolute Gasteiger partial charge is 0.399 e. The number of pyridine rings is 1. The first-order valence-corrected chi connectivity index (χ1v) is 15.5. The third-order valence-electron chi connectivity index (χ3n) is 7.07. The Labute approximate surface area is 246 Å². The normalized spacial score (nSPS) is 13.7. The van der Waals surface area contributed by atoms with E-state index in [2.05, 4.69) is 14.7 Å². The molecule has 0 saturated carbocycles. The number of para-hydroxylation sites is 1. The number of rotatable bonds is 6. The standard InChI is InChI=1S/C30H26N6O4S2/c31-22-8-11-26(25(19-22)24-5-1-3-20-4-2-12-32-27(20)24)42(39,40)34-23-9-6-21(7-10-23)29(37)35-14-16-36(17-15-35)30(38)28-33-13-18-41-28/h1-13,18-19,34H,14-17,31H2. The molecule has 0 bridgehead atoms. The molecule has 42 heavy (non-hydrogen) atoms. The molecule has 6 rings (SSSR count). The lowest BCUT2D eigenvalue weighted by molar-refractivity contribution is 0.0535. The maximum absolute atomic E-state index is 13.6. The van der Waals surface area contributed by atoms with Gasteiger partial charge in [-0.1, -0.05) is 24.3 Å². The number of carbonyl (C=O) groups excluding carboxylic acids is 2. The fourth-order valence-corrected chi connectivity index (χ4v) is 6.83. The maximum atomic E-state index is 13.6. The zero-order valence-electron chi connectivity index (χ0n) is 22.3. The van der Waals surface area contributed by atoms with E-state index >= 15 is 0 Å². The molecule has 10 nitrogen and oxygen atoms in total. The van der Waals surface area contributed by atoms with Crippen molar-refractivity contribution in [1.29, 1.82) is 0 Å². The molecule has 1 aliphatic heterocycles. The molecule has 3 aromatic carbocycles. The van der Waals surface area contributed by atoms with Crippen molar-refractivity contribution in [2.75, 3.05) is 36.6 Å². The molecule has 0 unspecified atom stereocenters. The van der Waals surface area contributed by atoms with Crippen LogP contribution in [0.25, 0.3) is 22.0 Å². The molecule has 212 valence electrons. The number of sulfonamides is 1. The topological polar surface area (TPSA) is 139 Å². The van der Waals surface area contributed by atoms with E-state index in [9.17, 15) is 18.0 Å². The van der Waals surface area contributed by atoms with Crippen LogP contribution in [0.5, 0.6) is 0 Å². The van der Waals surface area contributed by atoms with Crippen LogP contribution in [0.15, 0.2) is 95.5 Å². The van der Waals surface area contributed by atoms with Gasteiger partial charge < -0.3 is 15.5 Å². The SMILES string of the molecule is Nc1ccc(S(=O)(=O)Nc2ccc(C(=O)N3CCN(C(=O)c4nccs4)CC3)cc2)c(-c2cccc3cccnc23)c1. The van der Waals surface area contributed by atoms with Gasteiger partial charge in [-0.15, -0.1) is 11.3 Å². The highest BCUT2D eigenvalue weighted by Crippen LogP contribution is 2.34. The van der Waals surface area contributed by atoms with Crippen LogP contribution in [0.1, 0.15) is 20.2 Å². The Morgan fingerprint density at radius 1 is 0.810 bits per heavy atom. The Morgan fingerprint density at radius 2 is 1.52 bits per heavy atom. The molecular formula is C30H26N6O4S2. The van der Waals surface area contributed by atoms with Gasteiger partial charge in [0.1, 0.15) is 0 Å². The zero-order chi connectivity index (χ0) is 29.3. The van der Waals surface area contributed by atoms with E-state index < -0.39 is 10.0 Å². The minimum atomic E-state index is -4.03. The predicted molar refractivity (Wildman–Crippen MR) is 163 cm³/mol. The number of carbonyl (C=O) groups is 2. The predicted octanol–water partition coefficient (Wildman–Crippen LogP) is 4.34. The number of benzene rings is 3. The summed E-state index contributed by atoms with van der Waals surface area (Å²) in [7, 11) is -4.03. The second-order valence-electron chi connectivity index (χ2n) is 9.74. The Hall–Kier alpha value is -4.81. The smallest absolute Gasteiger partial charge is 0.282 e. The van der Waals surface area contributed by atoms with Gasteiger partial charge in [0.2, 0.25) is 0 Å². The number of aromatic nitrogens is 2. The fraction of sp³-hybridized carbons (Fsp3) is 0.133. The monoisotopic (exact) mass is 598 g/mol. The Bertz CT molecular complexity index is 1880. The Balaban J connectivity index is 1.18. The van der Waals surface area contributed by atoms with Gasteiger partial charge in [0, 0.05) is 77.4 Å². The second-order valence-corrected chi connectivity index (χ2v) is 12.3. The van der Waals surface area contributed by atoms with E-state index in [0.29, 0.717) is 64.8 Å². The van der Waals surface area contributed by atoms with Crippen molar-refractivity contribution in [3.63, 3.8) is 0 Å². The van der Waals surface area contributed by atoms with Gasteiger partial charge in [-0.2, -0.15) is 0 Å². The molecular weight excluding hydrogens is 573 g/mol. The molecule has 2 amide bonds. The minimum absolute atomic E-state index is 0.0557. The molecule has 0 atom stereocenters. The molecule has 0 spiro atoms. The number of nitrogens with one attached hydrogen (secondary N) is 1. The van der Waals surface area contributed by atoms with E-state index in [-0.39, 0.29) is 16.7 Å². The van der Waals surface area contributed by atoms with Crippen LogP contribution in [-0.4, -0.2) is 66.2 Å². The van der Waals surface area contributed by atoms with Crippen LogP contribution in [0.2, 0.25) is 0 Å². The molecule has 1 saturated heterocycles. The van der Waals surface area contributed by atoms with Crippen molar-refractivity contribution in [2.45, 2.75) is 4.90 Å². The van der Waals surface area contributed by atoms with Gasteiger partial charge in [-0.25, -0.2) is 13.4 Å². The summed E-state index contributed by atoms with van der Waals surface area (Å²) < 4.78 is 29.8. The van der Waals surface area contributed by atoms with Crippen molar-refractivity contribution in [1.82, 2.24) is 19.8 Å². The number of amides is 2. The summed E-state index contributed by atoms with van der Waals surface area (Å²) in [5.41, 5.74) is 8.97. The van der Waals surface area contributed by atoms with Gasteiger partial charge in [-0.05, 0) is 48.5 Å². The van der Waals surface area contributed by atoms with Gasteiger partial charge in [0.05, 0.1) is 10.4 Å². The third-order valence-corrected chi connectivity index (χ3v) is 9.27.